The third-order valence-corrected chi connectivity index (χ3v) is 6.19. The Morgan fingerprint density at radius 1 is 0.833 bits per heavy atom. The molecule has 0 aromatic heterocycles. The zero-order valence-corrected chi connectivity index (χ0v) is 14.0. The Labute approximate surface area is 117 Å². The van der Waals surface area contributed by atoms with Crippen molar-refractivity contribution in [2.24, 2.45) is 0 Å². The maximum Gasteiger partial charge on any atom is 0.438 e. The van der Waals surface area contributed by atoms with E-state index in [-0.39, 0.29) is 11.2 Å². The monoisotopic (exact) mass is 284 g/mol. The molecule has 0 aliphatic carbocycles. The van der Waals surface area contributed by atoms with Crippen molar-refractivity contribution in [2.45, 2.75) is 52.7 Å². The van der Waals surface area contributed by atoms with E-state index in [4.69, 9.17) is 20.9 Å². The molecule has 2 nitrogen and oxygen atoms in total. The van der Waals surface area contributed by atoms with Crippen molar-refractivity contribution in [1.29, 1.82) is 0 Å². The molecule has 0 amide bonds. The summed E-state index contributed by atoms with van der Waals surface area (Å²) >= 11 is 4.79. The quantitative estimate of drug-likeness (QED) is 0.677. The largest absolute Gasteiger partial charge is 0.438 e. The van der Waals surface area contributed by atoms with Crippen LogP contribution in [0.5, 0.6) is 0 Å². The van der Waals surface area contributed by atoms with Gasteiger partial charge in [0, 0.05) is 5.19 Å². The Hall–Kier alpha value is -0.293. The van der Waals surface area contributed by atoms with Crippen molar-refractivity contribution in [2.75, 3.05) is 0 Å². The van der Waals surface area contributed by atoms with E-state index in [1.54, 1.807) is 0 Å². The fourth-order valence-corrected chi connectivity index (χ4v) is 6.26. The van der Waals surface area contributed by atoms with E-state index in [9.17, 15) is 0 Å². The molecule has 1 aromatic rings. The van der Waals surface area contributed by atoms with Gasteiger partial charge in [-0.3, -0.25) is 0 Å². The zero-order valence-electron chi connectivity index (χ0n) is 12.2. The van der Waals surface area contributed by atoms with Crippen molar-refractivity contribution >= 4 is 25.0 Å². The van der Waals surface area contributed by atoms with Gasteiger partial charge in [-0.1, -0.05) is 30.3 Å². The van der Waals surface area contributed by atoms with Crippen LogP contribution in [-0.4, -0.2) is 18.9 Å². The van der Waals surface area contributed by atoms with Crippen LogP contribution in [-0.2, 0) is 8.85 Å². The Balaban J connectivity index is 3.09. The summed E-state index contributed by atoms with van der Waals surface area (Å²) in [4.78, 5) is 0. The Morgan fingerprint density at radius 2 is 1.22 bits per heavy atom. The van der Waals surface area contributed by atoms with Crippen molar-refractivity contribution in [3.05, 3.63) is 30.3 Å². The molecule has 1 rings (SSSR count). The summed E-state index contributed by atoms with van der Waals surface area (Å²) in [6, 6.07) is 10.0. The second-order valence-electron chi connectivity index (χ2n) is 6.38. The highest BCUT2D eigenvalue weighted by Crippen LogP contribution is 2.26. The summed E-state index contributed by atoms with van der Waals surface area (Å²) in [5.41, 5.74) is -0.565. The van der Waals surface area contributed by atoms with Crippen LogP contribution >= 0.6 is 12.1 Å². The number of benzene rings is 1. The summed E-state index contributed by atoms with van der Waals surface area (Å²) in [5.74, 6) is 0. The molecule has 0 aliphatic rings. The van der Waals surface area contributed by atoms with Gasteiger partial charge in [0.25, 0.3) is 0 Å². The molecular formula is C14H24O2SSi. The molecule has 0 unspecified atom stereocenters. The second kappa shape index (κ2) is 5.37. The van der Waals surface area contributed by atoms with Gasteiger partial charge in [-0.25, -0.2) is 0 Å². The molecule has 4 heteroatoms. The molecule has 0 atom stereocenters. The van der Waals surface area contributed by atoms with Gasteiger partial charge >= 0.3 is 7.71 Å². The van der Waals surface area contributed by atoms with E-state index < -0.39 is 7.71 Å². The maximum absolute atomic E-state index is 6.17. The van der Waals surface area contributed by atoms with Crippen LogP contribution in [0.15, 0.2) is 30.3 Å². The van der Waals surface area contributed by atoms with Crippen LogP contribution in [0.2, 0.25) is 0 Å². The molecule has 0 bridgehead atoms. The lowest BCUT2D eigenvalue weighted by molar-refractivity contribution is 0.0357. The second-order valence-corrected chi connectivity index (χ2v) is 10.3. The van der Waals surface area contributed by atoms with E-state index in [1.807, 2.05) is 71.9 Å². The normalized spacial score (nSPS) is 13.7. The Kier molecular flexibility index (Phi) is 4.70. The fraction of sp³-hybridized carbons (Fsp3) is 0.571. The highest BCUT2D eigenvalue weighted by atomic mass is 32.3. The molecule has 18 heavy (non-hydrogen) atoms. The highest BCUT2D eigenvalue weighted by Gasteiger charge is 2.43. The van der Waals surface area contributed by atoms with Crippen LogP contribution in [0.3, 0.4) is 0 Å². The number of rotatable bonds is 3. The fourth-order valence-electron chi connectivity index (χ4n) is 1.62. The summed E-state index contributed by atoms with van der Waals surface area (Å²) < 4.78 is 12.3. The molecule has 0 fully saturated rings. The first-order chi connectivity index (χ1) is 8.02. The van der Waals surface area contributed by atoms with E-state index in [0.29, 0.717) is 0 Å². The molecule has 0 spiro atoms. The van der Waals surface area contributed by atoms with E-state index >= 15 is 0 Å². The summed E-state index contributed by atoms with van der Waals surface area (Å²) in [6.45, 7) is 12.2. The van der Waals surface area contributed by atoms with Crippen molar-refractivity contribution in [3.63, 3.8) is 0 Å². The third kappa shape index (κ3) is 5.14. The number of thiol groups is 1. The molecular weight excluding hydrogens is 260 g/mol. The summed E-state index contributed by atoms with van der Waals surface area (Å²) in [7, 11) is -2.70. The van der Waals surface area contributed by atoms with Crippen molar-refractivity contribution in [1.82, 2.24) is 0 Å². The first kappa shape index (κ1) is 15.8. The molecule has 0 N–H and O–H groups in total. The van der Waals surface area contributed by atoms with E-state index in [0.717, 1.165) is 5.19 Å². The van der Waals surface area contributed by atoms with Gasteiger partial charge in [-0.15, -0.1) is 12.1 Å². The molecule has 0 saturated carbocycles. The van der Waals surface area contributed by atoms with Gasteiger partial charge in [-0.05, 0) is 41.5 Å². The minimum atomic E-state index is -2.70. The van der Waals surface area contributed by atoms with Crippen LogP contribution < -0.4 is 5.19 Å². The third-order valence-electron chi connectivity index (χ3n) is 2.03. The van der Waals surface area contributed by atoms with Crippen LogP contribution in [0.1, 0.15) is 41.5 Å². The van der Waals surface area contributed by atoms with Gasteiger partial charge in [0.1, 0.15) is 0 Å². The van der Waals surface area contributed by atoms with Crippen LogP contribution in [0.4, 0.5) is 0 Å². The minimum Gasteiger partial charge on any atom is -0.378 e. The molecule has 1 aromatic carbocycles. The van der Waals surface area contributed by atoms with Crippen molar-refractivity contribution < 1.29 is 8.85 Å². The molecule has 0 saturated heterocycles. The summed E-state index contributed by atoms with van der Waals surface area (Å²) in [5, 5.41) is 1.04. The smallest absolute Gasteiger partial charge is 0.378 e. The lowest BCUT2D eigenvalue weighted by atomic mass is 10.2. The van der Waals surface area contributed by atoms with Gasteiger partial charge in [0.05, 0.1) is 11.2 Å². The summed E-state index contributed by atoms with van der Waals surface area (Å²) in [6.07, 6.45) is 0. The molecule has 0 aliphatic heterocycles. The number of hydrogen-bond acceptors (Lipinski definition) is 3. The van der Waals surface area contributed by atoms with Gasteiger partial charge < -0.3 is 8.85 Å². The molecule has 102 valence electrons. The zero-order chi connectivity index (χ0) is 14.0. The highest BCUT2D eigenvalue weighted by molar-refractivity contribution is 8.14. The Morgan fingerprint density at radius 3 is 1.56 bits per heavy atom. The topological polar surface area (TPSA) is 18.5 Å². The van der Waals surface area contributed by atoms with Crippen molar-refractivity contribution in [3.8, 4) is 0 Å². The lowest BCUT2D eigenvalue weighted by Gasteiger charge is -2.37. The number of hydrogen-bond donors (Lipinski definition) is 1. The first-order valence-electron chi connectivity index (χ1n) is 6.20. The first-order valence-corrected chi connectivity index (χ1v) is 9.31. The minimum absolute atomic E-state index is 0.283. The van der Waals surface area contributed by atoms with Gasteiger partial charge in [-0.2, -0.15) is 0 Å². The Bertz CT molecular complexity index is 363. The predicted molar refractivity (Wildman–Crippen MR) is 82.5 cm³/mol. The SMILES string of the molecule is CC(C)(C)O[Si](S)(OC(C)(C)C)c1ccccc1. The lowest BCUT2D eigenvalue weighted by Crippen LogP contribution is -2.56. The molecule has 0 radical (unpaired) electrons. The van der Waals surface area contributed by atoms with E-state index in [1.165, 1.54) is 0 Å². The maximum atomic E-state index is 6.17. The van der Waals surface area contributed by atoms with Crippen LogP contribution in [0.25, 0.3) is 0 Å². The van der Waals surface area contributed by atoms with Gasteiger partial charge in [0.15, 0.2) is 0 Å². The van der Waals surface area contributed by atoms with Crippen LogP contribution in [0, 0.1) is 0 Å². The average molecular weight is 284 g/mol. The van der Waals surface area contributed by atoms with Gasteiger partial charge in [0.2, 0.25) is 0 Å². The molecule has 0 heterocycles. The predicted octanol–water partition coefficient (Wildman–Crippen LogP) is 3.39. The van der Waals surface area contributed by atoms with E-state index in [2.05, 4.69) is 0 Å². The standard InChI is InChI=1S/C14H24O2SSi/c1-13(2,3)15-18(17,16-14(4,5)6)12-10-8-7-9-11-12/h7-11,17H,1-6H3. The average Bonchev–Trinajstić information content (AvgIpc) is 2.13.